The molecule has 27 N–H and O–H groups in total. The highest BCUT2D eigenvalue weighted by atomic mass is 32.5. The highest BCUT2D eigenvalue weighted by Crippen LogP contribution is 2.64. The third kappa shape index (κ3) is 42.0. The summed E-state index contributed by atoms with van der Waals surface area (Å²) < 4.78 is 106. The smallest absolute Gasteiger partial charge is 0.373 e. The van der Waals surface area contributed by atoms with Crippen LogP contribution in [0.15, 0.2) is 5.11 Å². The van der Waals surface area contributed by atoms with Gasteiger partial charge in [-0.1, -0.05) is 19.0 Å². The van der Waals surface area contributed by atoms with E-state index >= 15 is 0 Å². The van der Waals surface area contributed by atoms with Gasteiger partial charge < -0.3 is 188 Å². The van der Waals surface area contributed by atoms with E-state index in [9.17, 15) is 99.6 Å². The van der Waals surface area contributed by atoms with Gasteiger partial charge in [0.25, 0.3) is 0 Å². The van der Waals surface area contributed by atoms with Crippen LogP contribution in [0.5, 0.6) is 0 Å². The van der Waals surface area contributed by atoms with Gasteiger partial charge in [0.2, 0.25) is 0 Å². The Balaban J connectivity index is 0.000000749. The summed E-state index contributed by atoms with van der Waals surface area (Å²) in [4.78, 5) is 110. The number of nitrogens with zero attached hydrogens (tertiary/aromatic N) is 4. The molecule has 45 atom stereocenters. The predicted molar refractivity (Wildman–Crippen MR) is 473 cm³/mol. The third-order valence-corrected chi connectivity index (χ3v) is 29.9. The molecule has 13 rings (SSSR count). The first-order valence-corrected chi connectivity index (χ1v) is 56.0. The lowest BCUT2D eigenvalue weighted by Gasteiger charge is -2.38. The molecule has 11 saturated heterocycles. The number of halogens is 1. The summed E-state index contributed by atoms with van der Waals surface area (Å²) in [6, 6.07) is -0.770. The number of aliphatic hydroxyl groups is 21. The first-order valence-electron chi connectivity index (χ1n) is 42.0. The average molecular weight is 2160 g/mol. The zero-order valence-electron chi connectivity index (χ0n) is 76.9. The van der Waals surface area contributed by atoms with Gasteiger partial charge in [0, 0.05) is 61.7 Å². The second kappa shape index (κ2) is 60.0. The van der Waals surface area contributed by atoms with Gasteiger partial charge in [-0.2, -0.15) is 33.8 Å². The standard InChI is InChI=1S/C9H14O3.C8H15NO4.3C7H15O6P.2C7H15O5PS.C6H11FO2S.C6H11N3O3.C6H12O3S.3CO2/c1-5-2-8(10)3-6-4-9(6,11)7(8)12-5;1-5-6-7(11)8(3-10,13-5)4-12-9(6)2;2*1-4-6(8)7(9)5(13-4)3-12-14(2,10)11;1-4-6(9)7(5(3-8)12-4)13-14(2,10)11;1-4-6(8)7(9)5(12-4)3-11-13(2,10)14;1-4-6(8)7(9)5(12-4)2-3-13(10,11)14;1-3-5(7)6(9)4(2-8)10-3;1-3-5(8-9-7)6(11)4(2-10)12-3;1-3-5(8)6(9)4(2-7)10-3;3*2-1-3/h5-7,10-11H,2-4H2,1H3;5-7,10-11H,3-4H2,1-2H3;3*4-9H,3H2,1-2H3,(H,10,11);4-9H,3H2,1-2H3,(H,10,14);4-9H,2-3H2,1H3,(H2,10,11,14);3-6,8-9H,2H2,1H3;3-6,10-11H,2H2,1H3;3-9H,2H2,1H3;;;/t5?,6-,7?,8-,9-;5-,6?,7+,8-;3*4-,5+,6?,7-;4-,5+,6?,7-,13?;4-,5+,6?,7-;3*3-,4+,5?,6-;;;/m1000000000.../s1. The minimum atomic E-state index is -3.68. The summed E-state index contributed by atoms with van der Waals surface area (Å²) in [7, 11) is -9.03. The van der Waals surface area contributed by atoms with Crippen LogP contribution in [0.1, 0.15) is 94.9 Å². The van der Waals surface area contributed by atoms with Crippen molar-refractivity contribution in [1.82, 2.24) is 5.06 Å². The van der Waals surface area contributed by atoms with E-state index in [4.69, 9.17) is 141 Å². The van der Waals surface area contributed by atoms with Gasteiger partial charge in [-0.25, -0.2) is 4.39 Å². The first kappa shape index (κ1) is 132. The Kier molecular flexibility index (Phi) is 58.5. The largest absolute Gasteiger partial charge is 0.395 e. The molecule has 2 aliphatic carbocycles. The molecule has 11 aliphatic heterocycles. The molecule has 136 heavy (non-hydrogen) atoms. The van der Waals surface area contributed by atoms with Crippen molar-refractivity contribution in [1.29, 1.82) is 0 Å². The van der Waals surface area contributed by atoms with Crippen LogP contribution in [-0.2, 0) is 127 Å². The van der Waals surface area contributed by atoms with E-state index in [1.807, 2.05) is 20.8 Å². The lowest BCUT2D eigenvalue weighted by atomic mass is 9.92. The second-order valence-corrected chi connectivity index (χ2v) is 50.1. The van der Waals surface area contributed by atoms with E-state index in [1.54, 1.807) is 60.6 Å². The monoisotopic (exact) mass is 2160 g/mol. The first-order chi connectivity index (χ1) is 62.5. The fraction of sp³-hybridized carbons (Fsp3) is 0.959. The lowest BCUT2D eigenvalue weighted by molar-refractivity contribution is -0.255. The van der Waals surface area contributed by atoms with Crippen LogP contribution in [0, 0.1) is 5.92 Å². The number of likely N-dealkylation sites (N-methyl/N-ethyl adjacent to an activating group) is 1. The fourth-order valence-electron chi connectivity index (χ4n) is 15.5. The number of alkyl halides is 1. The number of hydrogen-bond donors (Lipinski definition) is 27. The summed E-state index contributed by atoms with van der Waals surface area (Å²) in [5.41, 5.74) is 5.87. The van der Waals surface area contributed by atoms with Crippen LogP contribution in [0.25, 0.3) is 10.4 Å². The Bertz CT molecular complexity index is 3650. The number of azide groups is 1. The molecule has 63 heteroatoms. The van der Waals surface area contributed by atoms with E-state index < -0.39 is 223 Å². The van der Waals surface area contributed by atoms with Crippen molar-refractivity contribution >= 4 is 101 Å². The van der Waals surface area contributed by atoms with Crippen molar-refractivity contribution in [2.45, 2.75) is 334 Å². The van der Waals surface area contributed by atoms with Crippen LogP contribution in [0.2, 0.25) is 0 Å². The second-order valence-electron chi connectivity index (χ2n) is 33.9. The maximum absolute atomic E-state index is 12.8. The third-order valence-electron chi connectivity index (χ3n) is 22.7. The molecule has 13 aliphatic rings. The van der Waals surface area contributed by atoms with Gasteiger partial charge in [0.15, 0.2) is 13.0 Å². The molecule has 0 aromatic carbocycles. The Morgan fingerprint density at radius 1 is 0.485 bits per heavy atom. The molecular weight excluding hydrogens is 2020 g/mol. The molecule has 0 spiro atoms. The van der Waals surface area contributed by atoms with Crippen LogP contribution >= 0.6 is 59.3 Å². The number of thioether (sulfide) groups is 2. The Morgan fingerprint density at radius 3 is 1.18 bits per heavy atom. The number of rotatable bonds is 20. The molecule has 0 amide bonds. The SMILES string of the molecule is CC1C[C@@]2(O)C[C@@H]3C[C@]3(O)C2O1.C[C@@H]1O[C@@]2(CO)CON(C)C1[C@H]2O.C[C@@H]1O[C@H](CCP(O)(O)=S)[C@H](O)C1O.C[C@@H]1O[C@H](CO)[C@H](O)C1N=[N+]=[N-].C[C@@H]1O[C@H](CO)[C@H](OP(C)(=O)O)C1O.C[C@@H]1O[C@H](COP(C)(=O)O)[C@H](O)C1O.C[C@@H]1O[C@H](COP(C)(=O)O)[C@H](O)C1O.C[C@@H]1O[C@H](COP(C)(O)=S)[C@H](O)C1O.C[C@@H]1S[C@H](CO)[C@H](O)C1F.C[C@@H]1S[C@H](CO)[C@H](O)C1O.O=C=O.O=C=O.O=C=O. The van der Waals surface area contributed by atoms with E-state index in [0.717, 1.165) is 32.8 Å². The quantitative estimate of drug-likeness (QED) is 0.0233. The van der Waals surface area contributed by atoms with E-state index in [2.05, 4.69) is 42.7 Å². The van der Waals surface area contributed by atoms with Crippen LogP contribution in [0.4, 0.5) is 4.39 Å². The summed E-state index contributed by atoms with van der Waals surface area (Å²) in [5.74, 6) is 0.306. The van der Waals surface area contributed by atoms with E-state index in [1.165, 1.54) is 30.2 Å². The van der Waals surface area contributed by atoms with Crippen LogP contribution in [0.3, 0.4) is 0 Å². The molecule has 800 valence electrons. The van der Waals surface area contributed by atoms with Crippen LogP contribution in [-0.4, -0.2) is 499 Å². The summed E-state index contributed by atoms with van der Waals surface area (Å²) in [5, 5.41) is 200. The van der Waals surface area contributed by atoms with Crippen molar-refractivity contribution < 1.29 is 244 Å². The van der Waals surface area contributed by atoms with Crippen molar-refractivity contribution in [3.8, 4) is 0 Å². The minimum absolute atomic E-state index is 0.00679. The lowest BCUT2D eigenvalue weighted by Crippen LogP contribution is -2.59. The predicted octanol–water partition coefficient (Wildman–Crippen LogP) is -7.16. The van der Waals surface area contributed by atoms with E-state index in [-0.39, 0.29) is 142 Å². The molecule has 0 aromatic rings. The molecule has 0 aromatic heterocycles. The van der Waals surface area contributed by atoms with Crippen molar-refractivity contribution in [3.63, 3.8) is 0 Å². The van der Waals surface area contributed by atoms with Gasteiger partial charge in [0.1, 0.15) is 128 Å². The normalized spacial score (nSPS) is 43.2. The molecular formula is C73H138FN4O49P5S4. The molecule has 13 fully saturated rings. The maximum Gasteiger partial charge on any atom is 0.373 e. The fourth-order valence-corrected chi connectivity index (χ4v) is 21.1. The molecule has 15 unspecified atom stereocenters. The molecule has 2 saturated carbocycles. The molecule has 53 nitrogen and oxygen atoms in total. The number of aliphatic hydroxyl groups excluding tert-OH is 19. The van der Waals surface area contributed by atoms with Crippen molar-refractivity contribution in [2.24, 2.45) is 11.0 Å². The Labute approximate surface area is 801 Å². The Hall–Kier alpha value is -1.57. The zero-order chi connectivity index (χ0) is 106. The number of ether oxygens (including phenoxy) is 8. The number of carbonyl (C=O) groups excluding carboxylic acids is 6. The van der Waals surface area contributed by atoms with E-state index in [0.29, 0.717) is 12.3 Å². The van der Waals surface area contributed by atoms with Crippen molar-refractivity contribution in [3.05, 3.63) is 10.4 Å². The zero-order valence-corrected chi connectivity index (χ0v) is 84.7. The van der Waals surface area contributed by atoms with Crippen LogP contribution < -0.4 is 0 Å². The Morgan fingerprint density at radius 2 is 0.875 bits per heavy atom. The highest BCUT2D eigenvalue weighted by molar-refractivity contribution is 8.09. The molecule has 2 bridgehead atoms. The van der Waals surface area contributed by atoms with Gasteiger partial charge in [-0.05, 0) is 110 Å². The van der Waals surface area contributed by atoms with Gasteiger partial charge in [0.05, 0.1) is 160 Å². The minimum Gasteiger partial charge on any atom is -0.395 e. The highest BCUT2D eigenvalue weighted by Gasteiger charge is 2.74. The van der Waals surface area contributed by atoms with Crippen molar-refractivity contribution in [2.75, 3.05) is 99.3 Å². The summed E-state index contributed by atoms with van der Waals surface area (Å²) in [6.07, 6.45) is -18.7. The topological polar surface area (TPSA) is 872 Å². The van der Waals surface area contributed by atoms with Gasteiger partial charge in [-0.3, -0.25) is 23.1 Å². The number of hydroxylamine groups is 2. The maximum atomic E-state index is 12.8. The number of fused-ring (bicyclic) bond motifs is 5. The summed E-state index contributed by atoms with van der Waals surface area (Å²) >= 11 is 11.8. The average Bonchev–Trinajstić information content (AvgIpc) is 1.52. The van der Waals surface area contributed by atoms with Gasteiger partial charge in [-0.15, -0.1) is 23.5 Å². The molecule has 0 radical (unpaired) electrons. The number of hydrogen-bond acceptors (Lipinski definition) is 49. The summed E-state index contributed by atoms with van der Waals surface area (Å²) in [6.45, 7) is 14.6. The van der Waals surface area contributed by atoms with Gasteiger partial charge >= 0.3 is 41.2 Å². The molecule has 11 heterocycles.